The molecule has 0 saturated heterocycles. The number of carboxylic acid groups (broad SMARTS) is 1. The highest BCUT2D eigenvalue weighted by Gasteiger charge is 2.37. The van der Waals surface area contributed by atoms with Gasteiger partial charge in [0.2, 0.25) is 5.91 Å². The molecule has 35 heavy (non-hydrogen) atoms. The number of ether oxygens (including phenoxy) is 1. The van der Waals surface area contributed by atoms with Crippen molar-refractivity contribution in [1.29, 1.82) is 0 Å². The highest BCUT2D eigenvalue weighted by atomic mass is 16.5. The molecule has 0 radical (unpaired) electrons. The summed E-state index contributed by atoms with van der Waals surface area (Å²) in [5.74, 6) is -1.20. The topological polar surface area (TPSA) is 95.9 Å². The summed E-state index contributed by atoms with van der Waals surface area (Å²) in [6.07, 6.45) is 1.33. The summed E-state index contributed by atoms with van der Waals surface area (Å²) in [6.45, 7) is 6.16. The van der Waals surface area contributed by atoms with Gasteiger partial charge in [-0.15, -0.1) is 0 Å². The number of benzene rings is 2. The maximum Gasteiger partial charge on any atom is 0.407 e. The molecule has 0 heterocycles. The lowest BCUT2D eigenvalue weighted by atomic mass is 9.98. The Morgan fingerprint density at radius 3 is 2.17 bits per heavy atom. The number of nitrogens with zero attached hydrogens (tertiary/aromatic N) is 1. The number of hydrogen-bond donors (Lipinski definition) is 2. The molecule has 0 aromatic heterocycles. The van der Waals surface area contributed by atoms with Crippen molar-refractivity contribution in [3.8, 4) is 11.1 Å². The van der Waals surface area contributed by atoms with E-state index in [1.54, 1.807) is 4.90 Å². The van der Waals surface area contributed by atoms with Crippen LogP contribution < -0.4 is 5.32 Å². The SMILES string of the molecule is CC(C)(C)N(CCC(=O)O)C(=O)[C@@H]1CC[C@H](NC(=O)OCC2c3ccccc3-c3ccccc32)C1. The lowest BCUT2D eigenvalue weighted by Gasteiger charge is -2.37. The van der Waals surface area contributed by atoms with Crippen LogP contribution in [0, 0.1) is 5.92 Å². The van der Waals surface area contributed by atoms with Gasteiger partial charge in [0.25, 0.3) is 0 Å². The van der Waals surface area contributed by atoms with E-state index in [1.807, 2.05) is 45.0 Å². The summed E-state index contributed by atoms with van der Waals surface area (Å²) < 4.78 is 5.65. The smallest absolute Gasteiger partial charge is 0.407 e. The van der Waals surface area contributed by atoms with E-state index in [2.05, 4.69) is 29.6 Å². The van der Waals surface area contributed by atoms with Gasteiger partial charge in [-0.1, -0.05) is 48.5 Å². The Morgan fingerprint density at radius 2 is 1.60 bits per heavy atom. The quantitative estimate of drug-likeness (QED) is 0.596. The van der Waals surface area contributed by atoms with Crippen molar-refractivity contribution in [3.63, 3.8) is 0 Å². The van der Waals surface area contributed by atoms with Gasteiger partial charge >= 0.3 is 12.1 Å². The zero-order valence-electron chi connectivity index (χ0n) is 20.6. The lowest BCUT2D eigenvalue weighted by Crippen LogP contribution is -2.49. The highest BCUT2D eigenvalue weighted by Crippen LogP contribution is 2.44. The molecule has 2 N–H and O–H groups in total. The van der Waals surface area contributed by atoms with Crippen molar-refractivity contribution in [3.05, 3.63) is 59.7 Å². The van der Waals surface area contributed by atoms with Gasteiger partial charge in [0.1, 0.15) is 6.61 Å². The van der Waals surface area contributed by atoms with E-state index >= 15 is 0 Å². The predicted octanol–water partition coefficient (Wildman–Crippen LogP) is 4.80. The molecular weight excluding hydrogens is 444 g/mol. The molecule has 0 bridgehead atoms. The number of carbonyl (C=O) groups excluding carboxylic acids is 2. The van der Waals surface area contributed by atoms with Crippen LogP contribution in [-0.2, 0) is 14.3 Å². The highest BCUT2D eigenvalue weighted by molar-refractivity contribution is 5.81. The van der Waals surface area contributed by atoms with E-state index in [0.29, 0.717) is 19.3 Å². The average Bonchev–Trinajstić information content (AvgIpc) is 3.39. The number of rotatable bonds is 7. The molecule has 0 unspecified atom stereocenters. The summed E-state index contributed by atoms with van der Waals surface area (Å²) in [4.78, 5) is 38.5. The Bertz CT molecular complexity index is 1060. The predicted molar refractivity (Wildman–Crippen MR) is 133 cm³/mol. The standard InChI is InChI=1S/C28H34N2O5/c1-28(2,3)30(15-14-25(31)32)26(33)18-12-13-19(16-18)29-27(34)35-17-24-22-10-6-4-8-20(22)21-9-5-7-11-23(21)24/h4-11,18-19,24H,12-17H2,1-3H3,(H,29,34)(H,31,32)/t18-,19+/m1/s1. The monoisotopic (exact) mass is 478 g/mol. The van der Waals surface area contributed by atoms with Gasteiger partial charge in [0.15, 0.2) is 0 Å². The number of nitrogens with one attached hydrogen (secondary N) is 1. The summed E-state index contributed by atoms with van der Waals surface area (Å²) in [7, 11) is 0. The van der Waals surface area contributed by atoms with Crippen LogP contribution in [0.2, 0.25) is 0 Å². The summed E-state index contributed by atoms with van der Waals surface area (Å²) in [5, 5.41) is 12.0. The molecule has 2 aromatic rings. The first kappa shape index (κ1) is 24.8. The zero-order chi connectivity index (χ0) is 25.2. The van der Waals surface area contributed by atoms with E-state index in [0.717, 1.165) is 11.1 Å². The second-order valence-electron chi connectivity index (χ2n) is 10.5. The van der Waals surface area contributed by atoms with Gasteiger partial charge in [-0.05, 0) is 62.3 Å². The fourth-order valence-electron chi connectivity index (χ4n) is 5.35. The molecule has 4 rings (SSSR count). The van der Waals surface area contributed by atoms with Crippen LogP contribution in [0.4, 0.5) is 4.79 Å². The van der Waals surface area contributed by atoms with Crippen molar-refractivity contribution >= 4 is 18.0 Å². The van der Waals surface area contributed by atoms with E-state index in [9.17, 15) is 14.4 Å². The first-order valence-electron chi connectivity index (χ1n) is 12.3. The van der Waals surface area contributed by atoms with E-state index in [4.69, 9.17) is 9.84 Å². The third-order valence-electron chi connectivity index (χ3n) is 7.07. The fourth-order valence-corrected chi connectivity index (χ4v) is 5.35. The molecule has 2 aliphatic carbocycles. The molecule has 186 valence electrons. The molecule has 2 amide bonds. The number of fused-ring (bicyclic) bond motifs is 3. The number of carboxylic acids is 1. The van der Waals surface area contributed by atoms with Crippen LogP contribution in [0.3, 0.4) is 0 Å². The number of carbonyl (C=O) groups is 3. The molecular formula is C28H34N2O5. The van der Waals surface area contributed by atoms with Crippen molar-refractivity contribution < 1.29 is 24.2 Å². The Kier molecular flexibility index (Phi) is 7.15. The molecule has 7 nitrogen and oxygen atoms in total. The number of hydrogen-bond acceptors (Lipinski definition) is 4. The van der Waals surface area contributed by atoms with Gasteiger partial charge in [0.05, 0.1) is 6.42 Å². The Balaban J connectivity index is 1.32. The third kappa shape index (κ3) is 5.50. The largest absolute Gasteiger partial charge is 0.481 e. The number of amides is 2. The zero-order valence-corrected chi connectivity index (χ0v) is 20.6. The van der Waals surface area contributed by atoms with E-state index in [1.165, 1.54) is 11.1 Å². The minimum atomic E-state index is -0.923. The third-order valence-corrected chi connectivity index (χ3v) is 7.07. The molecule has 1 saturated carbocycles. The molecule has 2 aromatic carbocycles. The second kappa shape index (κ2) is 10.1. The summed E-state index contributed by atoms with van der Waals surface area (Å²) in [5.41, 5.74) is 4.22. The van der Waals surface area contributed by atoms with Gasteiger partial charge in [-0.25, -0.2) is 4.79 Å². The van der Waals surface area contributed by atoms with Crippen LogP contribution >= 0.6 is 0 Å². The first-order valence-corrected chi connectivity index (χ1v) is 12.3. The Labute approximate surface area is 206 Å². The number of aliphatic carboxylic acids is 1. The van der Waals surface area contributed by atoms with Gasteiger partial charge in [0, 0.05) is 30.0 Å². The molecule has 2 atom stereocenters. The first-order chi connectivity index (χ1) is 16.6. The molecule has 1 fully saturated rings. The van der Waals surface area contributed by atoms with Crippen LogP contribution in [0.5, 0.6) is 0 Å². The Morgan fingerprint density at radius 1 is 1.00 bits per heavy atom. The normalized spacial score (nSPS) is 19.1. The molecule has 0 aliphatic heterocycles. The van der Waals surface area contributed by atoms with Crippen molar-refractivity contribution in [2.75, 3.05) is 13.2 Å². The molecule has 0 spiro atoms. The van der Waals surface area contributed by atoms with E-state index in [-0.39, 0.29) is 43.4 Å². The molecule has 2 aliphatic rings. The van der Waals surface area contributed by atoms with Gasteiger partial charge in [-0.2, -0.15) is 0 Å². The summed E-state index contributed by atoms with van der Waals surface area (Å²) in [6, 6.07) is 16.3. The lowest BCUT2D eigenvalue weighted by molar-refractivity contribution is -0.143. The van der Waals surface area contributed by atoms with Crippen LogP contribution in [0.15, 0.2) is 48.5 Å². The molecule has 7 heteroatoms. The Hall–Kier alpha value is -3.35. The number of alkyl carbamates (subject to hydrolysis) is 1. The fraction of sp³-hybridized carbons (Fsp3) is 0.464. The summed E-state index contributed by atoms with van der Waals surface area (Å²) >= 11 is 0. The minimum Gasteiger partial charge on any atom is -0.481 e. The van der Waals surface area contributed by atoms with Crippen LogP contribution in [-0.4, -0.2) is 52.7 Å². The van der Waals surface area contributed by atoms with E-state index < -0.39 is 17.6 Å². The van der Waals surface area contributed by atoms with Crippen LogP contribution in [0.25, 0.3) is 11.1 Å². The van der Waals surface area contributed by atoms with Crippen LogP contribution in [0.1, 0.15) is 63.5 Å². The maximum absolute atomic E-state index is 13.2. The minimum absolute atomic E-state index is 0.000586. The van der Waals surface area contributed by atoms with Crippen molar-refractivity contribution in [1.82, 2.24) is 10.2 Å². The van der Waals surface area contributed by atoms with Crippen molar-refractivity contribution in [2.24, 2.45) is 5.92 Å². The van der Waals surface area contributed by atoms with Gasteiger partial charge in [-0.3, -0.25) is 9.59 Å². The van der Waals surface area contributed by atoms with Crippen molar-refractivity contribution in [2.45, 2.75) is 64.0 Å². The average molecular weight is 479 g/mol. The maximum atomic E-state index is 13.2. The second-order valence-corrected chi connectivity index (χ2v) is 10.5. The van der Waals surface area contributed by atoms with Gasteiger partial charge < -0.3 is 20.1 Å².